The Morgan fingerprint density at radius 1 is 1.05 bits per heavy atom. The van der Waals surface area contributed by atoms with Gasteiger partial charge in [0.25, 0.3) is 0 Å². The number of morpholine rings is 1. The Morgan fingerprint density at radius 2 is 1.76 bits per heavy atom. The van der Waals surface area contributed by atoms with E-state index in [2.05, 4.69) is 43.6 Å². The molecule has 1 atom stereocenters. The van der Waals surface area contributed by atoms with Crippen molar-refractivity contribution in [3.8, 4) is 0 Å². The number of hydrogen-bond acceptors (Lipinski definition) is 8. The highest BCUT2D eigenvalue weighted by Gasteiger charge is 2.25. The third-order valence-corrected chi connectivity index (χ3v) is 4.01. The number of nitrogen functional groups attached to an aromatic ring is 1. The van der Waals surface area contributed by atoms with E-state index < -0.39 is 0 Å². The summed E-state index contributed by atoms with van der Waals surface area (Å²) in [7, 11) is 2.13. The summed E-state index contributed by atoms with van der Waals surface area (Å²) in [6.07, 6.45) is 0. The SMILES string of the molecule is CC1CN(C)CCN1c1nc(N)nc(N2CCOCC2)n1. The number of nitrogens with two attached hydrogens (primary N) is 1. The third-order valence-electron chi connectivity index (χ3n) is 4.01. The monoisotopic (exact) mass is 293 g/mol. The lowest BCUT2D eigenvalue weighted by atomic mass is 10.2. The highest BCUT2D eigenvalue weighted by Crippen LogP contribution is 2.20. The van der Waals surface area contributed by atoms with Gasteiger partial charge in [-0.3, -0.25) is 0 Å². The molecule has 2 saturated heterocycles. The summed E-state index contributed by atoms with van der Waals surface area (Å²) in [6.45, 7) is 8.08. The Kier molecular flexibility index (Phi) is 4.07. The molecule has 0 spiro atoms. The van der Waals surface area contributed by atoms with Crippen LogP contribution in [0.15, 0.2) is 0 Å². The zero-order valence-corrected chi connectivity index (χ0v) is 12.7. The van der Waals surface area contributed by atoms with E-state index in [1.807, 2.05) is 0 Å². The van der Waals surface area contributed by atoms with Crippen LogP contribution < -0.4 is 15.5 Å². The molecule has 0 amide bonds. The van der Waals surface area contributed by atoms with E-state index in [4.69, 9.17) is 10.5 Å². The molecule has 0 bridgehead atoms. The number of aromatic nitrogens is 3. The fraction of sp³-hybridized carbons (Fsp3) is 0.769. The van der Waals surface area contributed by atoms with Crippen LogP contribution in [0.1, 0.15) is 6.92 Å². The van der Waals surface area contributed by atoms with Crippen LogP contribution in [0.5, 0.6) is 0 Å². The van der Waals surface area contributed by atoms with Gasteiger partial charge in [-0.25, -0.2) is 0 Å². The average Bonchev–Trinajstić information content (AvgIpc) is 2.47. The molecule has 2 N–H and O–H groups in total. The molecule has 0 aliphatic carbocycles. The van der Waals surface area contributed by atoms with E-state index >= 15 is 0 Å². The number of piperazine rings is 1. The minimum atomic E-state index is 0.285. The molecule has 21 heavy (non-hydrogen) atoms. The lowest BCUT2D eigenvalue weighted by Gasteiger charge is -2.38. The number of likely N-dealkylation sites (N-methyl/N-ethyl adjacent to an activating group) is 1. The lowest BCUT2D eigenvalue weighted by molar-refractivity contribution is 0.122. The van der Waals surface area contributed by atoms with Crippen LogP contribution in [-0.2, 0) is 4.74 Å². The largest absolute Gasteiger partial charge is 0.378 e. The number of hydrogen-bond donors (Lipinski definition) is 1. The van der Waals surface area contributed by atoms with Gasteiger partial charge in [-0.15, -0.1) is 0 Å². The van der Waals surface area contributed by atoms with Crippen LogP contribution in [0.2, 0.25) is 0 Å². The van der Waals surface area contributed by atoms with Gasteiger partial charge in [0.2, 0.25) is 17.8 Å². The molecular weight excluding hydrogens is 270 g/mol. The number of anilines is 3. The number of ether oxygens (including phenoxy) is 1. The summed E-state index contributed by atoms with van der Waals surface area (Å²) in [6, 6.07) is 0.364. The second-order valence-electron chi connectivity index (χ2n) is 5.70. The van der Waals surface area contributed by atoms with Crippen LogP contribution in [-0.4, -0.2) is 78.9 Å². The quantitative estimate of drug-likeness (QED) is 0.776. The van der Waals surface area contributed by atoms with E-state index in [0.717, 1.165) is 32.7 Å². The standard InChI is InChI=1S/C13H23N7O/c1-10-9-18(2)3-4-20(10)13-16-11(14)15-12(17-13)19-5-7-21-8-6-19/h10H,3-9H2,1-2H3,(H2,14,15,16,17). The van der Waals surface area contributed by atoms with Crippen molar-refractivity contribution >= 4 is 17.8 Å². The maximum absolute atomic E-state index is 5.89. The maximum atomic E-state index is 5.89. The van der Waals surface area contributed by atoms with E-state index in [0.29, 0.717) is 31.2 Å². The van der Waals surface area contributed by atoms with Gasteiger partial charge in [-0.2, -0.15) is 15.0 Å². The molecule has 1 aromatic heterocycles. The van der Waals surface area contributed by atoms with Crippen molar-refractivity contribution in [2.75, 3.05) is 68.5 Å². The fourth-order valence-corrected chi connectivity index (χ4v) is 2.84. The van der Waals surface area contributed by atoms with Crippen molar-refractivity contribution in [3.05, 3.63) is 0 Å². The Hall–Kier alpha value is -1.67. The lowest BCUT2D eigenvalue weighted by Crippen LogP contribution is -2.51. The van der Waals surface area contributed by atoms with Crippen molar-refractivity contribution in [2.45, 2.75) is 13.0 Å². The van der Waals surface area contributed by atoms with E-state index in [1.165, 1.54) is 0 Å². The summed E-state index contributed by atoms with van der Waals surface area (Å²) in [5.74, 6) is 1.63. The molecule has 0 saturated carbocycles. The van der Waals surface area contributed by atoms with Gasteiger partial charge in [0.1, 0.15) is 0 Å². The molecular formula is C13H23N7O. The smallest absolute Gasteiger partial charge is 0.232 e. The molecule has 0 aromatic carbocycles. The van der Waals surface area contributed by atoms with Crippen LogP contribution in [0.4, 0.5) is 17.8 Å². The topological polar surface area (TPSA) is 83.6 Å². The van der Waals surface area contributed by atoms with Gasteiger partial charge < -0.3 is 25.2 Å². The predicted octanol–water partition coefficient (Wildman–Crippen LogP) is -0.569. The highest BCUT2D eigenvalue weighted by molar-refractivity contribution is 5.44. The second kappa shape index (κ2) is 5.98. The van der Waals surface area contributed by atoms with Gasteiger partial charge in [0, 0.05) is 38.8 Å². The van der Waals surface area contributed by atoms with Crippen LogP contribution in [0.3, 0.4) is 0 Å². The minimum absolute atomic E-state index is 0.285. The highest BCUT2D eigenvalue weighted by atomic mass is 16.5. The first-order valence-electron chi connectivity index (χ1n) is 7.43. The van der Waals surface area contributed by atoms with Gasteiger partial charge in [-0.05, 0) is 14.0 Å². The van der Waals surface area contributed by atoms with Crippen molar-refractivity contribution in [1.82, 2.24) is 19.9 Å². The van der Waals surface area contributed by atoms with Crippen molar-refractivity contribution in [2.24, 2.45) is 0 Å². The fourth-order valence-electron chi connectivity index (χ4n) is 2.84. The zero-order valence-electron chi connectivity index (χ0n) is 12.7. The van der Waals surface area contributed by atoms with Gasteiger partial charge in [-0.1, -0.05) is 0 Å². The molecule has 1 unspecified atom stereocenters. The third kappa shape index (κ3) is 3.16. The predicted molar refractivity (Wildman–Crippen MR) is 81.6 cm³/mol. The maximum Gasteiger partial charge on any atom is 0.232 e. The molecule has 2 aliphatic heterocycles. The molecule has 0 radical (unpaired) electrons. The van der Waals surface area contributed by atoms with E-state index in [9.17, 15) is 0 Å². The zero-order chi connectivity index (χ0) is 14.8. The van der Waals surface area contributed by atoms with Gasteiger partial charge in [0.15, 0.2) is 0 Å². The van der Waals surface area contributed by atoms with Crippen LogP contribution in [0, 0.1) is 0 Å². The van der Waals surface area contributed by atoms with E-state index in [-0.39, 0.29) is 5.95 Å². The van der Waals surface area contributed by atoms with Crippen LogP contribution in [0.25, 0.3) is 0 Å². The Labute approximate surface area is 124 Å². The number of nitrogens with zero attached hydrogens (tertiary/aromatic N) is 6. The van der Waals surface area contributed by atoms with Crippen LogP contribution >= 0.6 is 0 Å². The summed E-state index contributed by atoms with van der Waals surface area (Å²) in [4.78, 5) is 19.9. The molecule has 8 heteroatoms. The summed E-state index contributed by atoms with van der Waals surface area (Å²) >= 11 is 0. The Bertz CT molecular complexity index is 491. The van der Waals surface area contributed by atoms with Crippen molar-refractivity contribution in [3.63, 3.8) is 0 Å². The number of rotatable bonds is 2. The van der Waals surface area contributed by atoms with Gasteiger partial charge in [0.05, 0.1) is 13.2 Å². The summed E-state index contributed by atoms with van der Waals surface area (Å²) in [5.41, 5.74) is 5.89. The second-order valence-corrected chi connectivity index (χ2v) is 5.70. The molecule has 116 valence electrons. The van der Waals surface area contributed by atoms with Crippen molar-refractivity contribution < 1.29 is 4.74 Å². The first-order chi connectivity index (χ1) is 10.1. The molecule has 8 nitrogen and oxygen atoms in total. The summed E-state index contributed by atoms with van der Waals surface area (Å²) < 4.78 is 5.37. The van der Waals surface area contributed by atoms with E-state index in [1.54, 1.807) is 0 Å². The normalized spacial score (nSPS) is 24.4. The molecule has 2 aliphatic rings. The molecule has 1 aromatic rings. The molecule has 3 heterocycles. The molecule has 2 fully saturated rings. The van der Waals surface area contributed by atoms with Gasteiger partial charge >= 0.3 is 0 Å². The summed E-state index contributed by atoms with van der Waals surface area (Å²) in [5, 5.41) is 0. The first kappa shape index (κ1) is 14.3. The Morgan fingerprint density at radius 3 is 2.48 bits per heavy atom. The molecule has 3 rings (SSSR count). The average molecular weight is 293 g/mol. The Balaban J connectivity index is 1.83. The first-order valence-corrected chi connectivity index (χ1v) is 7.43. The minimum Gasteiger partial charge on any atom is -0.378 e. The van der Waals surface area contributed by atoms with Crippen molar-refractivity contribution in [1.29, 1.82) is 0 Å².